The highest BCUT2D eigenvalue weighted by Gasteiger charge is 2.30. The lowest BCUT2D eigenvalue weighted by Gasteiger charge is -2.22. The Morgan fingerprint density at radius 3 is 2.17 bits per heavy atom. The number of nitrogens with two attached hydrogens (primary N) is 1. The molecule has 0 saturated heterocycles. The molecule has 2 N–H and O–H groups in total. The van der Waals surface area contributed by atoms with E-state index in [2.05, 4.69) is 15.0 Å². The first kappa shape index (κ1) is 32.9. The van der Waals surface area contributed by atoms with Gasteiger partial charge in [-0.2, -0.15) is 0 Å². The number of hydrogen-bond donors (Lipinski definition) is 1. The lowest BCUT2D eigenvalue weighted by atomic mass is 9.98. The van der Waals surface area contributed by atoms with E-state index in [0.29, 0.717) is 24.1 Å². The van der Waals surface area contributed by atoms with Gasteiger partial charge in [-0.15, -0.1) is 0 Å². The van der Waals surface area contributed by atoms with Crippen molar-refractivity contribution in [1.29, 1.82) is 0 Å². The summed E-state index contributed by atoms with van der Waals surface area (Å²) in [6.07, 6.45) is 3.09. The summed E-state index contributed by atoms with van der Waals surface area (Å²) in [5, 5.41) is 0. The molecule has 0 aliphatic carbocycles. The molecule has 230 valence electrons. The predicted octanol–water partition coefficient (Wildman–Crippen LogP) is 4.84. The molecule has 2 heterocycles. The van der Waals surface area contributed by atoms with Gasteiger partial charge in [0.15, 0.2) is 23.0 Å². The van der Waals surface area contributed by atoms with Crippen molar-refractivity contribution < 1.29 is 41.8 Å². The van der Waals surface area contributed by atoms with Gasteiger partial charge >= 0.3 is 19.5 Å². The first-order valence-corrected chi connectivity index (χ1v) is 14.9. The van der Waals surface area contributed by atoms with E-state index in [9.17, 15) is 18.5 Å². The maximum absolute atomic E-state index is 14.9. The first-order valence-electron chi connectivity index (χ1n) is 13.1. The van der Waals surface area contributed by atoms with Crippen LogP contribution in [-0.4, -0.2) is 51.7 Å². The fourth-order valence-electron chi connectivity index (χ4n) is 3.34. The molecule has 0 aliphatic rings. The summed E-state index contributed by atoms with van der Waals surface area (Å²) in [6.45, 7) is 9.24. The molecule has 42 heavy (non-hydrogen) atoms. The van der Waals surface area contributed by atoms with E-state index >= 15 is 0 Å². The fraction of sp³-hybridized carbons (Fsp3) is 0.519. The van der Waals surface area contributed by atoms with Crippen LogP contribution in [0.2, 0.25) is 0 Å². The van der Waals surface area contributed by atoms with Crippen LogP contribution in [0.5, 0.6) is 5.75 Å². The van der Waals surface area contributed by atoms with Crippen LogP contribution in [0.15, 0.2) is 30.9 Å². The molecule has 0 aliphatic heterocycles. The highest BCUT2D eigenvalue weighted by molar-refractivity contribution is 7.53. The molecule has 3 rings (SSSR count). The van der Waals surface area contributed by atoms with E-state index in [1.165, 1.54) is 18.5 Å². The summed E-state index contributed by atoms with van der Waals surface area (Å²) < 4.78 is 56.4. The number of ether oxygens (including phenoxy) is 3. The summed E-state index contributed by atoms with van der Waals surface area (Å²) in [4.78, 5) is 36.4. The number of rotatable bonds is 13. The van der Waals surface area contributed by atoms with Gasteiger partial charge in [0, 0.05) is 6.54 Å². The smallest absolute Gasteiger partial charge is 0.340 e. The van der Waals surface area contributed by atoms with Gasteiger partial charge in [0.1, 0.15) is 11.8 Å². The minimum absolute atomic E-state index is 0.00399. The molecule has 0 amide bonds. The Bertz CT molecular complexity index is 1410. The molecule has 13 nitrogen and oxygen atoms in total. The molecule has 0 saturated carbocycles. The van der Waals surface area contributed by atoms with Crippen molar-refractivity contribution in [3.05, 3.63) is 42.2 Å². The van der Waals surface area contributed by atoms with Crippen LogP contribution in [0, 0.1) is 16.6 Å². The molecular formula is C27H37FN5O8P. The summed E-state index contributed by atoms with van der Waals surface area (Å²) in [7, 11) is -4.06. The quantitative estimate of drug-likeness (QED) is 0.121. The van der Waals surface area contributed by atoms with E-state index in [4.69, 9.17) is 29.0 Å². The molecule has 15 heteroatoms. The summed E-state index contributed by atoms with van der Waals surface area (Å²) in [5.41, 5.74) is 5.53. The molecule has 3 aromatic rings. The van der Waals surface area contributed by atoms with Gasteiger partial charge in [-0.3, -0.25) is 23.2 Å². The molecule has 0 fully saturated rings. The van der Waals surface area contributed by atoms with Crippen molar-refractivity contribution >= 4 is 36.5 Å². The van der Waals surface area contributed by atoms with E-state index in [1.807, 2.05) is 0 Å². The third kappa shape index (κ3) is 9.20. The third-order valence-corrected chi connectivity index (χ3v) is 7.46. The summed E-state index contributed by atoms with van der Waals surface area (Å²) in [5.74, 6) is -1.57. The van der Waals surface area contributed by atoms with Crippen molar-refractivity contribution in [3.8, 4) is 5.75 Å². The number of esters is 2. The van der Waals surface area contributed by atoms with Crippen molar-refractivity contribution in [2.45, 2.75) is 60.7 Å². The zero-order chi connectivity index (χ0) is 31.1. The minimum Gasteiger partial charge on any atom is -0.490 e. The van der Waals surface area contributed by atoms with Crippen LogP contribution in [0.1, 0.15) is 53.5 Å². The number of nitrogens with zero attached hydrogens (tertiary/aromatic N) is 4. The third-order valence-electron chi connectivity index (χ3n) is 5.71. The van der Waals surface area contributed by atoms with Crippen molar-refractivity contribution in [3.63, 3.8) is 0 Å². The minimum atomic E-state index is -4.06. The standard InChI is InChI=1S/C27H37FN5O8P/c1-26(2,3)24(34)38-16-40-42(36,41-17-39-25(35)27(4,5)6)13-18-8-9-20(19(28)12-18)37-11-7-10-33-15-32-21-22(29)30-14-31-23(21)33/h8-9,12,14-15H,7,10-11,13,16-17H2,1-6H3,(H2,29,30,31). The van der Waals surface area contributed by atoms with Crippen molar-refractivity contribution in [2.75, 3.05) is 25.9 Å². The van der Waals surface area contributed by atoms with Gasteiger partial charge in [0.05, 0.1) is 29.9 Å². The van der Waals surface area contributed by atoms with Crippen molar-refractivity contribution in [2.24, 2.45) is 10.8 Å². The maximum Gasteiger partial charge on any atom is 0.340 e. The second kappa shape index (κ2) is 13.6. The number of fused-ring (bicyclic) bond motifs is 1. The molecular weight excluding hydrogens is 572 g/mol. The van der Waals surface area contributed by atoms with Gasteiger partial charge in [-0.25, -0.2) is 19.3 Å². The van der Waals surface area contributed by atoms with Crippen LogP contribution < -0.4 is 10.5 Å². The van der Waals surface area contributed by atoms with Crippen LogP contribution >= 0.6 is 7.60 Å². The Hall–Kier alpha value is -3.61. The van der Waals surface area contributed by atoms with Crippen LogP contribution in [0.3, 0.4) is 0 Å². The van der Waals surface area contributed by atoms with E-state index in [1.54, 1.807) is 52.4 Å². The molecule has 0 atom stereocenters. The number of nitrogen functional groups attached to an aromatic ring is 1. The molecule has 2 aromatic heterocycles. The van der Waals surface area contributed by atoms with E-state index < -0.39 is 49.8 Å². The van der Waals surface area contributed by atoms with Crippen LogP contribution in [0.25, 0.3) is 11.2 Å². The average molecular weight is 610 g/mol. The van der Waals surface area contributed by atoms with Crippen LogP contribution in [0.4, 0.5) is 10.2 Å². The topological polar surface area (TPSA) is 167 Å². The Morgan fingerprint density at radius 2 is 1.60 bits per heavy atom. The second-order valence-corrected chi connectivity index (χ2v) is 13.5. The fourth-order valence-corrected chi connectivity index (χ4v) is 4.67. The Labute approximate surface area is 243 Å². The first-order chi connectivity index (χ1) is 19.6. The van der Waals surface area contributed by atoms with Gasteiger partial charge < -0.3 is 24.5 Å². The van der Waals surface area contributed by atoms with Crippen molar-refractivity contribution in [1.82, 2.24) is 19.5 Å². The largest absolute Gasteiger partial charge is 0.490 e. The zero-order valence-corrected chi connectivity index (χ0v) is 25.5. The van der Waals surface area contributed by atoms with E-state index in [-0.39, 0.29) is 29.9 Å². The number of benzene rings is 1. The summed E-state index contributed by atoms with van der Waals surface area (Å²) in [6, 6.07) is 4.04. The van der Waals surface area contributed by atoms with Gasteiger partial charge in [0.25, 0.3) is 0 Å². The molecule has 0 bridgehead atoms. The number of aromatic nitrogens is 4. The van der Waals surface area contributed by atoms with Gasteiger partial charge in [-0.1, -0.05) is 6.07 Å². The highest BCUT2D eigenvalue weighted by atomic mass is 31.2. The molecule has 1 aromatic carbocycles. The number of imidazole rings is 1. The number of anilines is 1. The number of carbonyl (C=O) groups is 2. The maximum atomic E-state index is 14.9. The highest BCUT2D eigenvalue weighted by Crippen LogP contribution is 2.51. The molecule has 0 spiro atoms. The monoisotopic (exact) mass is 609 g/mol. The Morgan fingerprint density at radius 1 is 0.976 bits per heavy atom. The Kier molecular flexibility index (Phi) is 10.6. The zero-order valence-electron chi connectivity index (χ0n) is 24.6. The van der Waals surface area contributed by atoms with E-state index in [0.717, 1.165) is 6.07 Å². The van der Waals surface area contributed by atoms with Crippen LogP contribution in [-0.2, 0) is 45.4 Å². The Balaban J connectivity index is 1.60. The molecule has 0 unspecified atom stereocenters. The predicted molar refractivity (Wildman–Crippen MR) is 151 cm³/mol. The number of halogens is 1. The lowest BCUT2D eigenvalue weighted by molar-refractivity contribution is -0.162. The average Bonchev–Trinajstić information content (AvgIpc) is 3.30. The van der Waals surface area contributed by atoms with Gasteiger partial charge in [-0.05, 0) is 65.7 Å². The lowest BCUT2D eigenvalue weighted by Crippen LogP contribution is -2.24. The second-order valence-electron chi connectivity index (χ2n) is 11.5. The molecule has 0 radical (unpaired) electrons. The van der Waals surface area contributed by atoms with Gasteiger partial charge in [0.2, 0.25) is 13.6 Å². The number of carbonyl (C=O) groups excluding carboxylic acids is 2. The number of aryl methyl sites for hydroxylation is 1. The number of hydrogen-bond acceptors (Lipinski definition) is 12. The normalized spacial score (nSPS) is 12.4. The summed E-state index contributed by atoms with van der Waals surface area (Å²) >= 11 is 0. The SMILES string of the molecule is CC(C)(C)C(=O)OCOP(=O)(Cc1ccc(OCCCn2cnc3c(N)ncnc32)c(F)c1)OCOC(=O)C(C)(C)C.